The monoisotopic (exact) mass is 286 g/mol. The Morgan fingerprint density at radius 1 is 1.52 bits per heavy atom. The lowest BCUT2D eigenvalue weighted by atomic mass is 9.94. The molecular weight excluding hydrogens is 268 g/mol. The average Bonchev–Trinajstić information content (AvgIpc) is 2.46. The van der Waals surface area contributed by atoms with E-state index in [2.05, 4.69) is 11.2 Å². The van der Waals surface area contributed by atoms with Gasteiger partial charge in [0.05, 0.1) is 5.56 Å². The van der Waals surface area contributed by atoms with Crippen LogP contribution in [0.25, 0.3) is 0 Å². The predicted molar refractivity (Wildman–Crippen MR) is 79.0 cm³/mol. The number of amides is 2. The third-order valence-corrected chi connectivity index (χ3v) is 3.58. The Bertz CT molecular complexity index is 604. The van der Waals surface area contributed by atoms with Gasteiger partial charge in [0.15, 0.2) is 0 Å². The Morgan fingerprint density at radius 3 is 2.95 bits per heavy atom. The second-order valence-corrected chi connectivity index (χ2v) is 5.18. The number of urea groups is 1. The van der Waals surface area contributed by atoms with Crippen molar-refractivity contribution in [1.29, 1.82) is 0 Å². The number of fused-ring (bicyclic) bond motifs is 1. The first-order valence-electron chi connectivity index (χ1n) is 6.86. The molecular formula is C16H18N2O3. The summed E-state index contributed by atoms with van der Waals surface area (Å²) in [5.41, 5.74) is 2.04. The van der Waals surface area contributed by atoms with Crippen LogP contribution in [0.3, 0.4) is 0 Å². The maximum absolute atomic E-state index is 12.1. The lowest BCUT2D eigenvalue weighted by molar-refractivity contribution is 0.0695. The second-order valence-electron chi connectivity index (χ2n) is 5.18. The molecule has 1 unspecified atom stereocenters. The molecule has 2 amide bonds. The molecule has 0 fully saturated rings. The van der Waals surface area contributed by atoms with Crippen LogP contribution in [-0.4, -0.2) is 34.6 Å². The van der Waals surface area contributed by atoms with E-state index in [0.717, 1.165) is 11.1 Å². The molecule has 0 bridgehead atoms. The molecule has 0 spiro atoms. The summed E-state index contributed by atoms with van der Waals surface area (Å²) in [6.45, 7) is 2.79. The number of nitrogens with zero attached hydrogens (tertiary/aromatic N) is 1. The van der Waals surface area contributed by atoms with Gasteiger partial charge >= 0.3 is 12.0 Å². The van der Waals surface area contributed by atoms with E-state index in [1.54, 1.807) is 17.0 Å². The van der Waals surface area contributed by atoms with Crippen LogP contribution >= 0.6 is 0 Å². The maximum atomic E-state index is 12.1. The predicted octanol–water partition coefficient (Wildman–Crippen LogP) is 1.86. The SMILES string of the molecule is C#CCC(C)NC(=O)N1CCc2c(cccc2C(=O)O)C1. The molecule has 0 radical (unpaired) electrons. The third-order valence-electron chi connectivity index (χ3n) is 3.58. The number of terminal acetylenes is 1. The van der Waals surface area contributed by atoms with Crippen molar-refractivity contribution in [2.24, 2.45) is 0 Å². The molecule has 0 saturated carbocycles. The number of hydrogen-bond donors (Lipinski definition) is 2. The Labute approximate surface area is 124 Å². The average molecular weight is 286 g/mol. The zero-order valence-electron chi connectivity index (χ0n) is 11.9. The molecule has 1 aromatic carbocycles. The largest absolute Gasteiger partial charge is 0.478 e. The highest BCUT2D eigenvalue weighted by atomic mass is 16.4. The van der Waals surface area contributed by atoms with E-state index in [0.29, 0.717) is 31.5 Å². The molecule has 21 heavy (non-hydrogen) atoms. The van der Waals surface area contributed by atoms with E-state index in [-0.39, 0.29) is 12.1 Å². The van der Waals surface area contributed by atoms with Gasteiger partial charge in [-0.25, -0.2) is 9.59 Å². The van der Waals surface area contributed by atoms with Crippen molar-refractivity contribution in [3.63, 3.8) is 0 Å². The van der Waals surface area contributed by atoms with Gasteiger partial charge in [-0.2, -0.15) is 0 Å². The van der Waals surface area contributed by atoms with Gasteiger partial charge in [-0.3, -0.25) is 0 Å². The van der Waals surface area contributed by atoms with E-state index < -0.39 is 5.97 Å². The van der Waals surface area contributed by atoms with E-state index in [1.807, 2.05) is 13.0 Å². The van der Waals surface area contributed by atoms with Crippen LogP contribution in [-0.2, 0) is 13.0 Å². The molecule has 0 aromatic heterocycles. The summed E-state index contributed by atoms with van der Waals surface area (Å²) < 4.78 is 0. The minimum absolute atomic E-state index is 0.0748. The fraction of sp³-hybridized carbons (Fsp3) is 0.375. The van der Waals surface area contributed by atoms with Crippen LogP contribution in [0, 0.1) is 12.3 Å². The molecule has 1 aliphatic rings. The van der Waals surface area contributed by atoms with Crippen LogP contribution in [0.15, 0.2) is 18.2 Å². The van der Waals surface area contributed by atoms with Gasteiger partial charge < -0.3 is 15.3 Å². The first kappa shape index (κ1) is 14.9. The minimum atomic E-state index is -0.924. The summed E-state index contributed by atoms with van der Waals surface area (Å²) in [7, 11) is 0. The molecule has 2 N–H and O–H groups in total. The first-order valence-corrected chi connectivity index (χ1v) is 6.86. The van der Waals surface area contributed by atoms with Crippen LogP contribution < -0.4 is 5.32 Å². The van der Waals surface area contributed by atoms with Gasteiger partial charge in [0, 0.05) is 25.6 Å². The molecule has 1 aliphatic heterocycles. The van der Waals surface area contributed by atoms with Gasteiger partial charge in [0.25, 0.3) is 0 Å². The molecule has 1 atom stereocenters. The van der Waals surface area contributed by atoms with Gasteiger partial charge in [0.1, 0.15) is 0 Å². The zero-order valence-corrected chi connectivity index (χ0v) is 11.9. The van der Waals surface area contributed by atoms with Crippen molar-refractivity contribution in [2.75, 3.05) is 6.54 Å². The van der Waals surface area contributed by atoms with Crippen molar-refractivity contribution in [1.82, 2.24) is 10.2 Å². The van der Waals surface area contributed by atoms with E-state index in [4.69, 9.17) is 6.42 Å². The van der Waals surface area contributed by atoms with Crippen molar-refractivity contribution in [3.8, 4) is 12.3 Å². The third kappa shape index (κ3) is 3.34. The highest BCUT2D eigenvalue weighted by molar-refractivity contribution is 5.90. The molecule has 0 saturated heterocycles. The number of benzene rings is 1. The van der Waals surface area contributed by atoms with E-state index >= 15 is 0 Å². The van der Waals surface area contributed by atoms with Crippen LogP contribution in [0.2, 0.25) is 0 Å². The summed E-state index contributed by atoms with van der Waals surface area (Å²) in [5, 5.41) is 12.0. The highest BCUT2D eigenvalue weighted by Gasteiger charge is 2.24. The molecule has 5 nitrogen and oxygen atoms in total. The quantitative estimate of drug-likeness (QED) is 0.833. The van der Waals surface area contributed by atoms with E-state index in [9.17, 15) is 14.7 Å². The lowest BCUT2D eigenvalue weighted by Gasteiger charge is -2.30. The molecule has 0 aliphatic carbocycles. The standard InChI is InChI=1S/C16H18N2O3/c1-3-5-11(2)17-16(21)18-9-8-13-12(10-18)6-4-7-14(13)15(19)20/h1,4,6-7,11H,5,8-10H2,2H3,(H,17,21)(H,19,20). The van der Waals surface area contributed by atoms with Gasteiger partial charge in [0.2, 0.25) is 0 Å². The number of carboxylic acids is 1. The van der Waals surface area contributed by atoms with Crippen molar-refractivity contribution in [2.45, 2.75) is 32.4 Å². The Morgan fingerprint density at radius 2 is 2.29 bits per heavy atom. The summed E-state index contributed by atoms with van der Waals surface area (Å²) in [6, 6.07) is 4.95. The maximum Gasteiger partial charge on any atom is 0.335 e. The summed E-state index contributed by atoms with van der Waals surface area (Å²) in [6.07, 6.45) is 6.26. The van der Waals surface area contributed by atoms with Crippen molar-refractivity contribution >= 4 is 12.0 Å². The number of rotatable bonds is 3. The topological polar surface area (TPSA) is 69.6 Å². The fourth-order valence-corrected chi connectivity index (χ4v) is 2.51. The normalized spacial score (nSPS) is 14.8. The number of carbonyl (C=O) groups excluding carboxylic acids is 1. The number of carbonyl (C=O) groups is 2. The molecule has 2 rings (SSSR count). The summed E-state index contributed by atoms with van der Waals surface area (Å²) >= 11 is 0. The van der Waals surface area contributed by atoms with Crippen LogP contribution in [0.1, 0.15) is 34.8 Å². The lowest BCUT2D eigenvalue weighted by Crippen LogP contribution is -2.46. The number of hydrogen-bond acceptors (Lipinski definition) is 2. The highest BCUT2D eigenvalue weighted by Crippen LogP contribution is 2.22. The summed E-state index contributed by atoms with van der Waals surface area (Å²) in [4.78, 5) is 25.0. The molecule has 1 aromatic rings. The number of nitrogens with one attached hydrogen (secondary N) is 1. The fourth-order valence-electron chi connectivity index (χ4n) is 2.51. The van der Waals surface area contributed by atoms with Gasteiger partial charge in [-0.1, -0.05) is 12.1 Å². The Balaban J connectivity index is 2.10. The number of carboxylic acid groups (broad SMARTS) is 1. The summed E-state index contributed by atoms with van der Waals surface area (Å²) in [5.74, 6) is 1.59. The van der Waals surface area contributed by atoms with E-state index in [1.165, 1.54) is 0 Å². The van der Waals surface area contributed by atoms with Gasteiger partial charge in [-0.05, 0) is 30.5 Å². The smallest absolute Gasteiger partial charge is 0.335 e. The number of aromatic carboxylic acids is 1. The van der Waals surface area contributed by atoms with Crippen LogP contribution in [0.5, 0.6) is 0 Å². The van der Waals surface area contributed by atoms with Crippen LogP contribution in [0.4, 0.5) is 4.79 Å². The van der Waals surface area contributed by atoms with Crippen molar-refractivity contribution < 1.29 is 14.7 Å². The first-order chi connectivity index (χ1) is 10.0. The second kappa shape index (κ2) is 6.31. The Kier molecular flexibility index (Phi) is 4.49. The minimum Gasteiger partial charge on any atom is -0.478 e. The molecule has 1 heterocycles. The zero-order chi connectivity index (χ0) is 15.4. The molecule has 5 heteroatoms. The Hall–Kier alpha value is -2.48. The van der Waals surface area contributed by atoms with Gasteiger partial charge in [-0.15, -0.1) is 12.3 Å². The molecule has 110 valence electrons. The van der Waals surface area contributed by atoms with Crippen molar-refractivity contribution in [3.05, 3.63) is 34.9 Å².